The molecule has 0 aromatic carbocycles. The Kier molecular flexibility index (Phi) is 2.97. The van der Waals surface area contributed by atoms with E-state index >= 15 is 0 Å². The largest absolute Gasteiger partial charge is 0.356 e. The standard InChI is InChI=1S/C9H13NO/c1-2-5-8-6-3-4-7-10-9(8)11/h1,8H,3-7H2,(H,10,11). The van der Waals surface area contributed by atoms with E-state index in [1.54, 1.807) is 0 Å². The van der Waals surface area contributed by atoms with Crippen LogP contribution in [-0.2, 0) is 4.79 Å². The number of carbonyl (C=O) groups is 1. The van der Waals surface area contributed by atoms with Gasteiger partial charge in [0.25, 0.3) is 0 Å². The fourth-order valence-electron chi connectivity index (χ4n) is 1.34. The van der Waals surface area contributed by atoms with Crippen LogP contribution in [0.15, 0.2) is 0 Å². The third kappa shape index (κ3) is 2.27. The van der Waals surface area contributed by atoms with Crippen molar-refractivity contribution in [3.63, 3.8) is 0 Å². The van der Waals surface area contributed by atoms with Crippen LogP contribution in [0, 0.1) is 18.3 Å². The molecule has 1 amide bonds. The first-order valence-electron chi connectivity index (χ1n) is 4.06. The van der Waals surface area contributed by atoms with Gasteiger partial charge in [-0.25, -0.2) is 0 Å². The minimum absolute atomic E-state index is 0.0718. The molecule has 1 aliphatic rings. The van der Waals surface area contributed by atoms with E-state index in [0.717, 1.165) is 25.8 Å². The monoisotopic (exact) mass is 151 g/mol. The number of terminal acetylenes is 1. The fraction of sp³-hybridized carbons (Fsp3) is 0.667. The summed E-state index contributed by atoms with van der Waals surface area (Å²) in [6.45, 7) is 0.819. The molecule has 0 aromatic rings. The van der Waals surface area contributed by atoms with Crippen molar-refractivity contribution in [1.29, 1.82) is 0 Å². The zero-order valence-electron chi connectivity index (χ0n) is 6.60. The summed E-state index contributed by atoms with van der Waals surface area (Å²) < 4.78 is 0. The smallest absolute Gasteiger partial charge is 0.224 e. The van der Waals surface area contributed by atoms with Crippen molar-refractivity contribution in [2.45, 2.75) is 25.7 Å². The van der Waals surface area contributed by atoms with Crippen LogP contribution in [0.2, 0.25) is 0 Å². The highest BCUT2D eigenvalue weighted by Crippen LogP contribution is 2.14. The molecule has 1 saturated heterocycles. The molecular formula is C9H13NO. The Morgan fingerprint density at radius 3 is 3.18 bits per heavy atom. The molecule has 0 aliphatic carbocycles. The first-order chi connectivity index (χ1) is 5.34. The Morgan fingerprint density at radius 2 is 2.45 bits per heavy atom. The number of hydrogen-bond donors (Lipinski definition) is 1. The van der Waals surface area contributed by atoms with E-state index in [-0.39, 0.29) is 11.8 Å². The Labute approximate surface area is 67.4 Å². The van der Waals surface area contributed by atoms with Gasteiger partial charge >= 0.3 is 0 Å². The molecule has 1 unspecified atom stereocenters. The molecule has 0 aromatic heterocycles. The highest BCUT2D eigenvalue weighted by atomic mass is 16.1. The zero-order valence-corrected chi connectivity index (χ0v) is 6.60. The molecule has 2 heteroatoms. The van der Waals surface area contributed by atoms with Crippen LogP contribution in [0.3, 0.4) is 0 Å². The van der Waals surface area contributed by atoms with E-state index in [0.29, 0.717) is 6.42 Å². The van der Waals surface area contributed by atoms with Crippen molar-refractivity contribution in [2.75, 3.05) is 6.54 Å². The second kappa shape index (κ2) is 4.02. The van der Waals surface area contributed by atoms with Crippen LogP contribution in [-0.4, -0.2) is 12.5 Å². The molecule has 60 valence electrons. The van der Waals surface area contributed by atoms with Crippen molar-refractivity contribution >= 4 is 5.91 Å². The molecule has 1 rings (SSSR count). The molecule has 1 heterocycles. The molecule has 0 spiro atoms. The number of carbonyl (C=O) groups excluding carboxylic acids is 1. The molecule has 1 atom stereocenters. The molecule has 0 radical (unpaired) electrons. The lowest BCUT2D eigenvalue weighted by Gasteiger charge is -2.07. The molecular weight excluding hydrogens is 138 g/mol. The summed E-state index contributed by atoms with van der Waals surface area (Å²) in [7, 11) is 0. The molecule has 2 nitrogen and oxygen atoms in total. The van der Waals surface area contributed by atoms with Crippen molar-refractivity contribution in [1.82, 2.24) is 5.32 Å². The number of nitrogens with one attached hydrogen (secondary N) is 1. The van der Waals surface area contributed by atoms with Crippen molar-refractivity contribution in [3.05, 3.63) is 0 Å². The Bertz CT molecular complexity index is 180. The third-order valence-electron chi connectivity index (χ3n) is 2.01. The summed E-state index contributed by atoms with van der Waals surface area (Å²) in [4.78, 5) is 11.2. The van der Waals surface area contributed by atoms with Gasteiger partial charge in [-0.05, 0) is 12.8 Å². The van der Waals surface area contributed by atoms with Gasteiger partial charge in [0, 0.05) is 18.9 Å². The summed E-state index contributed by atoms with van der Waals surface area (Å²) >= 11 is 0. The summed E-state index contributed by atoms with van der Waals surface area (Å²) in [6.07, 6.45) is 8.89. The molecule has 0 bridgehead atoms. The minimum Gasteiger partial charge on any atom is -0.356 e. The fourth-order valence-corrected chi connectivity index (χ4v) is 1.34. The van der Waals surface area contributed by atoms with Crippen molar-refractivity contribution in [2.24, 2.45) is 5.92 Å². The average molecular weight is 151 g/mol. The van der Waals surface area contributed by atoms with Crippen LogP contribution >= 0.6 is 0 Å². The Hall–Kier alpha value is -0.970. The van der Waals surface area contributed by atoms with Gasteiger partial charge in [0.15, 0.2) is 0 Å². The van der Waals surface area contributed by atoms with Gasteiger partial charge < -0.3 is 5.32 Å². The number of rotatable bonds is 1. The third-order valence-corrected chi connectivity index (χ3v) is 2.01. The van der Waals surface area contributed by atoms with Gasteiger partial charge in [-0.3, -0.25) is 4.79 Å². The van der Waals surface area contributed by atoms with Gasteiger partial charge in [0.2, 0.25) is 5.91 Å². The van der Waals surface area contributed by atoms with Gasteiger partial charge in [-0.1, -0.05) is 6.42 Å². The lowest BCUT2D eigenvalue weighted by Crippen LogP contribution is -2.28. The highest BCUT2D eigenvalue weighted by Gasteiger charge is 2.18. The molecule has 1 aliphatic heterocycles. The minimum atomic E-state index is 0.0718. The Morgan fingerprint density at radius 1 is 1.64 bits per heavy atom. The van der Waals surface area contributed by atoms with Crippen LogP contribution in [0.4, 0.5) is 0 Å². The first-order valence-corrected chi connectivity index (χ1v) is 4.06. The molecule has 1 N–H and O–H groups in total. The van der Waals surface area contributed by atoms with E-state index < -0.39 is 0 Å². The maximum atomic E-state index is 11.2. The number of hydrogen-bond acceptors (Lipinski definition) is 1. The van der Waals surface area contributed by atoms with Gasteiger partial charge in [-0.15, -0.1) is 12.3 Å². The second-order valence-electron chi connectivity index (χ2n) is 2.89. The van der Waals surface area contributed by atoms with E-state index in [1.165, 1.54) is 0 Å². The quantitative estimate of drug-likeness (QED) is 0.555. The lowest BCUT2D eigenvalue weighted by atomic mass is 10.00. The topological polar surface area (TPSA) is 29.1 Å². The van der Waals surface area contributed by atoms with Gasteiger partial charge in [-0.2, -0.15) is 0 Å². The maximum absolute atomic E-state index is 11.2. The predicted octanol–water partition coefficient (Wildman–Crippen LogP) is 0.926. The van der Waals surface area contributed by atoms with E-state index in [1.807, 2.05) is 0 Å². The highest BCUT2D eigenvalue weighted by molar-refractivity contribution is 5.79. The zero-order chi connectivity index (χ0) is 8.10. The van der Waals surface area contributed by atoms with Crippen LogP contribution in [0.5, 0.6) is 0 Å². The van der Waals surface area contributed by atoms with E-state index in [4.69, 9.17) is 6.42 Å². The summed E-state index contributed by atoms with van der Waals surface area (Å²) in [5.41, 5.74) is 0. The first kappa shape index (κ1) is 8.13. The maximum Gasteiger partial charge on any atom is 0.224 e. The van der Waals surface area contributed by atoms with Crippen LogP contribution in [0.25, 0.3) is 0 Å². The SMILES string of the molecule is C#CCC1CCCCNC1=O. The Balaban J connectivity index is 2.47. The van der Waals surface area contributed by atoms with Crippen LogP contribution in [0.1, 0.15) is 25.7 Å². The number of amides is 1. The normalized spacial score (nSPS) is 25.0. The summed E-state index contributed by atoms with van der Waals surface area (Å²) in [5, 5.41) is 2.84. The average Bonchev–Trinajstić information content (AvgIpc) is 2.18. The predicted molar refractivity (Wildman–Crippen MR) is 43.8 cm³/mol. The van der Waals surface area contributed by atoms with Crippen molar-refractivity contribution in [3.8, 4) is 12.3 Å². The summed E-state index contributed by atoms with van der Waals surface area (Å²) in [6, 6.07) is 0. The molecule has 1 fully saturated rings. The van der Waals surface area contributed by atoms with E-state index in [2.05, 4.69) is 11.2 Å². The van der Waals surface area contributed by atoms with Crippen molar-refractivity contribution < 1.29 is 4.79 Å². The second-order valence-corrected chi connectivity index (χ2v) is 2.89. The van der Waals surface area contributed by atoms with Gasteiger partial charge in [0.05, 0.1) is 0 Å². The molecule has 11 heavy (non-hydrogen) atoms. The molecule has 0 saturated carbocycles. The lowest BCUT2D eigenvalue weighted by molar-refractivity contribution is -0.124. The van der Waals surface area contributed by atoms with Gasteiger partial charge in [0.1, 0.15) is 0 Å². The van der Waals surface area contributed by atoms with Crippen LogP contribution < -0.4 is 5.32 Å². The summed E-state index contributed by atoms with van der Waals surface area (Å²) in [5.74, 6) is 2.75. The van der Waals surface area contributed by atoms with E-state index in [9.17, 15) is 4.79 Å².